The second-order valence-corrected chi connectivity index (χ2v) is 4.88. The molecule has 0 fully saturated rings. The van der Waals surface area contributed by atoms with Crippen molar-refractivity contribution in [2.24, 2.45) is 7.05 Å². The third-order valence-electron chi connectivity index (χ3n) is 3.23. The molecule has 0 atom stereocenters. The molecule has 0 aliphatic carbocycles. The van der Waals surface area contributed by atoms with Crippen LogP contribution in [0.1, 0.15) is 16.2 Å². The number of nitrogens with zero attached hydrogens (tertiary/aromatic N) is 3. The molecule has 19 heavy (non-hydrogen) atoms. The van der Waals surface area contributed by atoms with Gasteiger partial charge in [-0.2, -0.15) is 0 Å². The highest BCUT2D eigenvalue weighted by atomic mass is 35.5. The highest BCUT2D eigenvalue weighted by molar-refractivity contribution is 6.31. The zero-order valence-electron chi connectivity index (χ0n) is 10.4. The SMILES string of the molecule is Cn1ccnc1Cn1cc(C=O)c2ccc(Cl)cc21. The number of rotatable bonds is 3. The second-order valence-electron chi connectivity index (χ2n) is 4.45. The van der Waals surface area contributed by atoms with Crippen LogP contribution in [0.3, 0.4) is 0 Å². The minimum Gasteiger partial charge on any atom is -0.339 e. The third kappa shape index (κ3) is 2.04. The summed E-state index contributed by atoms with van der Waals surface area (Å²) < 4.78 is 3.95. The molecule has 0 saturated carbocycles. The summed E-state index contributed by atoms with van der Waals surface area (Å²) >= 11 is 6.03. The summed E-state index contributed by atoms with van der Waals surface area (Å²) in [6.45, 7) is 0.605. The van der Waals surface area contributed by atoms with E-state index in [2.05, 4.69) is 4.98 Å². The van der Waals surface area contributed by atoms with Crippen molar-refractivity contribution in [3.63, 3.8) is 0 Å². The summed E-state index contributed by atoms with van der Waals surface area (Å²) in [6, 6.07) is 5.53. The number of aldehydes is 1. The Hall–Kier alpha value is -2.07. The summed E-state index contributed by atoms with van der Waals surface area (Å²) in [5, 5.41) is 1.57. The van der Waals surface area contributed by atoms with Crippen LogP contribution >= 0.6 is 11.6 Å². The van der Waals surface area contributed by atoms with Gasteiger partial charge in [-0.25, -0.2) is 4.98 Å². The van der Waals surface area contributed by atoms with Crippen molar-refractivity contribution in [3.8, 4) is 0 Å². The van der Waals surface area contributed by atoms with Gasteiger partial charge in [0.25, 0.3) is 0 Å². The number of hydrogen-bond donors (Lipinski definition) is 0. The van der Waals surface area contributed by atoms with Crippen LogP contribution in [0, 0.1) is 0 Å². The molecule has 0 bridgehead atoms. The maximum Gasteiger partial charge on any atom is 0.152 e. The van der Waals surface area contributed by atoms with Crippen LogP contribution in [0.4, 0.5) is 0 Å². The Morgan fingerprint density at radius 2 is 2.26 bits per heavy atom. The first-order valence-corrected chi connectivity index (χ1v) is 6.26. The number of aryl methyl sites for hydroxylation is 1. The summed E-state index contributed by atoms with van der Waals surface area (Å²) in [5.41, 5.74) is 1.61. The Morgan fingerprint density at radius 3 is 2.95 bits per heavy atom. The molecule has 0 spiro atoms. The third-order valence-corrected chi connectivity index (χ3v) is 3.47. The average Bonchev–Trinajstić information content (AvgIpc) is 2.95. The first-order valence-electron chi connectivity index (χ1n) is 5.89. The van der Waals surface area contributed by atoms with E-state index in [0.717, 1.165) is 23.0 Å². The van der Waals surface area contributed by atoms with Crippen molar-refractivity contribution in [1.82, 2.24) is 14.1 Å². The fourth-order valence-corrected chi connectivity index (χ4v) is 2.39. The molecular formula is C14H12ClN3O. The van der Waals surface area contributed by atoms with Crippen LogP contribution in [0.25, 0.3) is 10.9 Å². The first kappa shape index (κ1) is 12.0. The van der Waals surface area contributed by atoms with Gasteiger partial charge in [-0.15, -0.1) is 0 Å². The van der Waals surface area contributed by atoms with Gasteiger partial charge in [0, 0.05) is 41.6 Å². The number of imidazole rings is 1. The lowest BCUT2D eigenvalue weighted by atomic mass is 10.2. The monoisotopic (exact) mass is 273 g/mol. The number of halogens is 1. The second kappa shape index (κ2) is 4.55. The molecule has 2 heterocycles. The largest absolute Gasteiger partial charge is 0.339 e. The van der Waals surface area contributed by atoms with Crippen molar-refractivity contribution < 1.29 is 4.79 Å². The van der Waals surface area contributed by atoms with Crippen LogP contribution < -0.4 is 0 Å². The van der Waals surface area contributed by atoms with Crippen molar-refractivity contribution in [2.75, 3.05) is 0 Å². The highest BCUT2D eigenvalue weighted by Crippen LogP contribution is 2.24. The van der Waals surface area contributed by atoms with Crippen molar-refractivity contribution in [3.05, 3.63) is 53.2 Å². The van der Waals surface area contributed by atoms with E-state index in [1.54, 1.807) is 12.3 Å². The Bertz CT molecular complexity index is 757. The van der Waals surface area contributed by atoms with Gasteiger partial charge in [-0.05, 0) is 12.1 Å². The van der Waals surface area contributed by atoms with Crippen LogP contribution in [0.2, 0.25) is 5.02 Å². The molecule has 96 valence electrons. The number of carbonyl (C=O) groups excluding carboxylic acids is 1. The van der Waals surface area contributed by atoms with Gasteiger partial charge in [0.2, 0.25) is 0 Å². The molecule has 0 saturated heterocycles. The van der Waals surface area contributed by atoms with Gasteiger partial charge in [-0.1, -0.05) is 17.7 Å². The highest BCUT2D eigenvalue weighted by Gasteiger charge is 2.10. The summed E-state index contributed by atoms with van der Waals surface area (Å²) in [6.07, 6.45) is 6.36. The predicted octanol–water partition coefficient (Wildman–Crippen LogP) is 2.89. The molecule has 3 aromatic rings. The summed E-state index contributed by atoms with van der Waals surface area (Å²) in [5.74, 6) is 0.925. The van der Waals surface area contributed by atoms with E-state index in [9.17, 15) is 4.79 Å². The van der Waals surface area contributed by atoms with Gasteiger partial charge >= 0.3 is 0 Å². The number of benzene rings is 1. The molecule has 0 unspecified atom stereocenters. The van der Waals surface area contributed by atoms with E-state index >= 15 is 0 Å². The normalized spacial score (nSPS) is 11.1. The minimum absolute atomic E-state index is 0.605. The molecule has 0 amide bonds. The summed E-state index contributed by atoms with van der Waals surface area (Å²) in [4.78, 5) is 15.4. The maximum absolute atomic E-state index is 11.1. The van der Waals surface area contributed by atoms with E-state index in [-0.39, 0.29) is 0 Å². The Kier molecular flexibility index (Phi) is 2.87. The molecule has 0 N–H and O–H groups in total. The number of aromatic nitrogens is 3. The molecule has 5 heteroatoms. The van der Waals surface area contributed by atoms with E-state index in [0.29, 0.717) is 17.1 Å². The van der Waals surface area contributed by atoms with E-state index in [4.69, 9.17) is 11.6 Å². The quantitative estimate of drug-likeness (QED) is 0.689. The number of carbonyl (C=O) groups is 1. The topological polar surface area (TPSA) is 39.8 Å². The average molecular weight is 274 g/mol. The molecule has 1 aromatic carbocycles. The Balaban J connectivity index is 2.15. The molecule has 0 radical (unpaired) electrons. The van der Waals surface area contributed by atoms with Crippen LogP contribution in [-0.4, -0.2) is 20.4 Å². The molecule has 4 nitrogen and oxygen atoms in total. The van der Waals surface area contributed by atoms with Gasteiger partial charge in [0.05, 0.1) is 12.1 Å². The molecule has 0 aliphatic heterocycles. The standard InChI is InChI=1S/C14H12ClN3O/c1-17-5-4-16-14(17)8-18-7-10(9-19)12-3-2-11(15)6-13(12)18/h2-7,9H,8H2,1H3. The summed E-state index contributed by atoms with van der Waals surface area (Å²) in [7, 11) is 1.95. The lowest BCUT2D eigenvalue weighted by Gasteiger charge is -2.05. The van der Waals surface area contributed by atoms with E-state index < -0.39 is 0 Å². The lowest BCUT2D eigenvalue weighted by Crippen LogP contribution is -2.04. The van der Waals surface area contributed by atoms with Gasteiger partial charge in [0.15, 0.2) is 6.29 Å². The Labute approximate surface area is 115 Å². The first-order chi connectivity index (χ1) is 9.19. The fourth-order valence-electron chi connectivity index (χ4n) is 2.22. The van der Waals surface area contributed by atoms with Gasteiger partial charge < -0.3 is 9.13 Å². The van der Waals surface area contributed by atoms with E-state index in [1.165, 1.54) is 0 Å². The molecule has 2 aromatic heterocycles. The van der Waals surface area contributed by atoms with Crippen molar-refractivity contribution in [1.29, 1.82) is 0 Å². The lowest BCUT2D eigenvalue weighted by molar-refractivity contribution is 0.112. The smallest absolute Gasteiger partial charge is 0.152 e. The zero-order chi connectivity index (χ0) is 13.4. The van der Waals surface area contributed by atoms with Crippen molar-refractivity contribution in [2.45, 2.75) is 6.54 Å². The fraction of sp³-hybridized carbons (Fsp3) is 0.143. The minimum atomic E-state index is 0.605. The number of hydrogen-bond acceptors (Lipinski definition) is 2. The number of fused-ring (bicyclic) bond motifs is 1. The van der Waals surface area contributed by atoms with Crippen LogP contribution in [-0.2, 0) is 13.6 Å². The van der Waals surface area contributed by atoms with E-state index in [1.807, 2.05) is 40.7 Å². The predicted molar refractivity (Wildman–Crippen MR) is 74.6 cm³/mol. The Morgan fingerprint density at radius 1 is 1.42 bits per heavy atom. The molecule has 0 aliphatic rings. The van der Waals surface area contributed by atoms with Gasteiger partial charge in [-0.3, -0.25) is 4.79 Å². The van der Waals surface area contributed by atoms with Crippen LogP contribution in [0.5, 0.6) is 0 Å². The molecular weight excluding hydrogens is 262 g/mol. The molecule has 3 rings (SSSR count). The zero-order valence-corrected chi connectivity index (χ0v) is 11.1. The van der Waals surface area contributed by atoms with Crippen LogP contribution in [0.15, 0.2) is 36.8 Å². The van der Waals surface area contributed by atoms with Gasteiger partial charge in [0.1, 0.15) is 5.82 Å². The maximum atomic E-state index is 11.1. The van der Waals surface area contributed by atoms with Crippen molar-refractivity contribution >= 4 is 28.8 Å².